The van der Waals surface area contributed by atoms with Gasteiger partial charge in [-0.05, 0) is 59.5 Å². The lowest BCUT2D eigenvalue weighted by molar-refractivity contribution is -0.0721. The van der Waals surface area contributed by atoms with Gasteiger partial charge in [-0.15, -0.1) is 24.0 Å². The van der Waals surface area contributed by atoms with Gasteiger partial charge in [0.1, 0.15) is 0 Å². The molecule has 0 saturated carbocycles. The Balaban J connectivity index is 0.00000420. The van der Waals surface area contributed by atoms with Crippen molar-refractivity contribution in [1.29, 1.82) is 0 Å². The van der Waals surface area contributed by atoms with Crippen molar-refractivity contribution in [2.24, 2.45) is 4.99 Å². The molecule has 0 radical (unpaired) electrons. The first kappa shape index (κ1) is 26.9. The van der Waals surface area contributed by atoms with Crippen molar-refractivity contribution in [3.05, 3.63) is 0 Å². The van der Waals surface area contributed by atoms with Gasteiger partial charge >= 0.3 is 0 Å². The van der Waals surface area contributed by atoms with E-state index in [1.807, 2.05) is 7.05 Å². The minimum absolute atomic E-state index is 0. The SMILES string of the molecule is CCOC(CCN(C)C)CNC(=NC)N1CCC(OCC2CCCCO2)CC1.I. The second kappa shape index (κ2) is 15.6. The molecule has 2 rings (SSSR count). The normalized spacial score (nSPS) is 22.4. The van der Waals surface area contributed by atoms with Crippen molar-refractivity contribution in [3.8, 4) is 0 Å². The molecule has 0 aliphatic carbocycles. The second-order valence-electron chi connectivity index (χ2n) is 8.11. The predicted molar refractivity (Wildman–Crippen MR) is 129 cm³/mol. The smallest absolute Gasteiger partial charge is 0.193 e. The molecule has 2 atom stereocenters. The number of rotatable bonds is 10. The van der Waals surface area contributed by atoms with E-state index in [9.17, 15) is 0 Å². The number of piperidine rings is 1. The Morgan fingerprint density at radius 2 is 2.00 bits per heavy atom. The first-order valence-corrected chi connectivity index (χ1v) is 11.1. The van der Waals surface area contributed by atoms with E-state index in [1.54, 1.807) is 0 Å². The molecule has 0 aromatic heterocycles. The Morgan fingerprint density at radius 1 is 1.24 bits per heavy atom. The van der Waals surface area contributed by atoms with E-state index in [1.165, 1.54) is 12.8 Å². The van der Waals surface area contributed by atoms with Gasteiger partial charge < -0.3 is 29.3 Å². The maximum atomic E-state index is 6.13. The predicted octanol–water partition coefficient (Wildman–Crippen LogP) is 2.59. The van der Waals surface area contributed by atoms with Crippen LogP contribution in [-0.2, 0) is 14.2 Å². The van der Waals surface area contributed by atoms with Crippen molar-refractivity contribution in [1.82, 2.24) is 15.1 Å². The number of halogens is 1. The van der Waals surface area contributed by atoms with Crippen LogP contribution in [0.3, 0.4) is 0 Å². The van der Waals surface area contributed by atoms with Crippen LogP contribution >= 0.6 is 24.0 Å². The van der Waals surface area contributed by atoms with Gasteiger partial charge in [-0.3, -0.25) is 4.99 Å². The Labute approximate surface area is 194 Å². The third-order valence-corrected chi connectivity index (χ3v) is 5.53. The van der Waals surface area contributed by atoms with Crippen LogP contribution in [0.1, 0.15) is 45.4 Å². The highest BCUT2D eigenvalue weighted by Gasteiger charge is 2.24. The third-order valence-electron chi connectivity index (χ3n) is 5.53. The molecular weight excluding hydrogens is 483 g/mol. The van der Waals surface area contributed by atoms with Gasteiger partial charge in [0.25, 0.3) is 0 Å². The van der Waals surface area contributed by atoms with Gasteiger partial charge in [0, 0.05) is 46.4 Å². The molecule has 2 heterocycles. The topological polar surface area (TPSA) is 58.6 Å². The molecule has 2 aliphatic heterocycles. The Morgan fingerprint density at radius 3 is 2.59 bits per heavy atom. The average Bonchev–Trinajstić information content (AvgIpc) is 2.72. The molecule has 2 fully saturated rings. The Bertz CT molecular complexity index is 440. The Kier molecular flexibility index (Phi) is 14.5. The van der Waals surface area contributed by atoms with Crippen LogP contribution < -0.4 is 5.32 Å². The molecular formula is C21H43IN4O3. The highest BCUT2D eigenvalue weighted by atomic mass is 127. The summed E-state index contributed by atoms with van der Waals surface area (Å²) in [6.07, 6.45) is 7.57. The molecule has 0 amide bonds. The zero-order valence-electron chi connectivity index (χ0n) is 18.9. The lowest BCUT2D eigenvalue weighted by Gasteiger charge is -2.35. The van der Waals surface area contributed by atoms with E-state index >= 15 is 0 Å². The molecule has 0 spiro atoms. The molecule has 29 heavy (non-hydrogen) atoms. The van der Waals surface area contributed by atoms with Crippen LogP contribution in [0.2, 0.25) is 0 Å². The van der Waals surface area contributed by atoms with Crippen LogP contribution in [0.4, 0.5) is 0 Å². The standard InChI is InChI=1S/C21H42N4O3.HI/c1-5-26-19(9-12-24(3)4)16-23-21(22-2)25-13-10-18(11-14-25)28-17-20-8-6-7-15-27-20;/h18-20H,5-17H2,1-4H3,(H,22,23);1H. The minimum Gasteiger partial charge on any atom is -0.377 e. The highest BCUT2D eigenvalue weighted by molar-refractivity contribution is 14.0. The van der Waals surface area contributed by atoms with Crippen molar-refractivity contribution in [2.75, 3.05) is 67.1 Å². The monoisotopic (exact) mass is 526 g/mol. The number of ether oxygens (including phenoxy) is 3. The maximum absolute atomic E-state index is 6.13. The maximum Gasteiger partial charge on any atom is 0.193 e. The van der Waals surface area contributed by atoms with Crippen LogP contribution in [0.25, 0.3) is 0 Å². The Hall–Kier alpha value is -0.160. The van der Waals surface area contributed by atoms with E-state index < -0.39 is 0 Å². The molecule has 2 unspecified atom stereocenters. The van der Waals surface area contributed by atoms with Gasteiger partial charge in [0.2, 0.25) is 0 Å². The second-order valence-corrected chi connectivity index (χ2v) is 8.11. The van der Waals surface area contributed by atoms with Crippen molar-refractivity contribution < 1.29 is 14.2 Å². The largest absolute Gasteiger partial charge is 0.377 e. The first-order valence-electron chi connectivity index (χ1n) is 11.1. The number of nitrogens with one attached hydrogen (secondary N) is 1. The van der Waals surface area contributed by atoms with Crippen molar-refractivity contribution in [2.45, 2.75) is 63.8 Å². The van der Waals surface area contributed by atoms with Crippen LogP contribution in [0.15, 0.2) is 4.99 Å². The molecule has 172 valence electrons. The summed E-state index contributed by atoms with van der Waals surface area (Å²) >= 11 is 0. The first-order chi connectivity index (χ1) is 13.6. The van der Waals surface area contributed by atoms with E-state index in [2.05, 4.69) is 41.1 Å². The molecule has 7 nitrogen and oxygen atoms in total. The number of hydrogen-bond acceptors (Lipinski definition) is 5. The van der Waals surface area contributed by atoms with Crippen LogP contribution in [0, 0.1) is 0 Å². The molecule has 0 aromatic rings. The fourth-order valence-corrected chi connectivity index (χ4v) is 3.84. The van der Waals surface area contributed by atoms with E-state index in [4.69, 9.17) is 14.2 Å². The summed E-state index contributed by atoms with van der Waals surface area (Å²) in [5, 5.41) is 3.52. The molecule has 0 bridgehead atoms. The summed E-state index contributed by atoms with van der Waals surface area (Å²) < 4.78 is 17.8. The lowest BCUT2D eigenvalue weighted by atomic mass is 10.1. The summed E-state index contributed by atoms with van der Waals surface area (Å²) in [6.45, 7) is 8.22. The molecule has 2 aliphatic rings. The number of hydrogen-bond donors (Lipinski definition) is 1. The summed E-state index contributed by atoms with van der Waals surface area (Å²) in [7, 11) is 6.06. The number of guanidine groups is 1. The minimum atomic E-state index is 0. The van der Waals surface area contributed by atoms with Crippen molar-refractivity contribution >= 4 is 29.9 Å². The molecule has 1 N–H and O–H groups in total. The van der Waals surface area contributed by atoms with E-state index in [-0.39, 0.29) is 30.1 Å². The van der Waals surface area contributed by atoms with Crippen molar-refractivity contribution in [3.63, 3.8) is 0 Å². The van der Waals surface area contributed by atoms with Gasteiger partial charge in [-0.2, -0.15) is 0 Å². The van der Waals surface area contributed by atoms with Crippen LogP contribution in [-0.4, -0.2) is 101 Å². The fraction of sp³-hybridized carbons (Fsp3) is 0.952. The fourth-order valence-electron chi connectivity index (χ4n) is 3.84. The highest BCUT2D eigenvalue weighted by Crippen LogP contribution is 2.18. The zero-order valence-corrected chi connectivity index (χ0v) is 21.2. The lowest BCUT2D eigenvalue weighted by Crippen LogP contribution is -2.49. The number of aliphatic imine (C=N–C) groups is 1. The average molecular weight is 527 g/mol. The van der Waals surface area contributed by atoms with E-state index in [0.29, 0.717) is 12.2 Å². The molecule has 2 saturated heterocycles. The summed E-state index contributed by atoms with van der Waals surface area (Å²) in [6, 6.07) is 0. The zero-order chi connectivity index (χ0) is 20.2. The van der Waals surface area contributed by atoms with Gasteiger partial charge in [-0.25, -0.2) is 0 Å². The van der Waals surface area contributed by atoms with E-state index in [0.717, 1.165) is 77.6 Å². The number of nitrogens with zero attached hydrogens (tertiary/aromatic N) is 3. The van der Waals surface area contributed by atoms with Crippen LogP contribution in [0.5, 0.6) is 0 Å². The summed E-state index contributed by atoms with van der Waals surface area (Å²) in [5.74, 6) is 0.976. The summed E-state index contributed by atoms with van der Waals surface area (Å²) in [4.78, 5) is 9.03. The van der Waals surface area contributed by atoms with Gasteiger partial charge in [-0.1, -0.05) is 0 Å². The van der Waals surface area contributed by atoms with Gasteiger partial charge in [0.15, 0.2) is 5.96 Å². The quantitative estimate of drug-likeness (QED) is 0.268. The third kappa shape index (κ3) is 10.6. The molecule has 0 aromatic carbocycles. The van der Waals surface area contributed by atoms with Gasteiger partial charge in [0.05, 0.1) is 24.9 Å². The number of likely N-dealkylation sites (tertiary alicyclic amines) is 1. The molecule has 8 heteroatoms. The summed E-state index contributed by atoms with van der Waals surface area (Å²) in [5.41, 5.74) is 0.